The largest absolute Gasteiger partial charge is 0.339 e. The third-order valence-corrected chi connectivity index (χ3v) is 11.3. The normalized spacial score (nSPS) is 11.3. The van der Waals surface area contributed by atoms with E-state index in [4.69, 9.17) is 12.2 Å². The average Bonchev–Trinajstić information content (AvgIpc) is 3.44. The molecule has 0 saturated carbocycles. The summed E-state index contributed by atoms with van der Waals surface area (Å²) in [6, 6.07) is 13.2. The zero-order chi connectivity index (χ0) is 18.6. The first kappa shape index (κ1) is 19.9. The molecule has 0 radical (unpaired) electrons. The Morgan fingerprint density at radius 1 is 0.926 bits per heavy atom. The maximum atomic E-state index is 5.36. The molecule has 0 spiro atoms. The number of thioether (sulfide) groups is 2. The molecule has 0 aliphatic heterocycles. The fraction of sp³-hybridized carbons (Fsp3) is 0.211. The maximum Gasteiger partial charge on any atom is 0.145 e. The number of thiophene rings is 2. The molecule has 0 aliphatic rings. The molecule has 0 aliphatic carbocycles. The molecular weight excluding hydrogens is 467 g/mol. The molecule has 4 aromatic rings. The van der Waals surface area contributed by atoms with Gasteiger partial charge in [0.2, 0.25) is 0 Å². The van der Waals surface area contributed by atoms with E-state index in [1.165, 1.54) is 29.6 Å². The second kappa shape index (κ2) is 9.43. The highest BCUT2D eigenvalue weighted by molar-refractivity contribution is 8.05. The van der Waals surface area contributed by atoms with Gasteiger partial charge in [0.25, 0.3) is 0 Å². The smallest absolute Gasteiger partial charge is 0.145 e. The Balaban J connectivity index is 1.50. The Morgan fingerprint density at radius 2 is 1.56 bits per heavy atom. The van der Waals surface area contributed by atoms with Crippen LogP contribution in [0.25, 0.3) is 21.1 Å². The zero-order valence-electron chi connectivity index (χ0n) is 14.5. The SMILES string of the molecule is CSc1sc(=S)sc1SCCCn1c(-c2cccs2)ccc1-c1cccs1. The van der Waals surface area contributed by atoms with E-state index in [1.54, 1.807) is 22.7 Å². The average molecular weight is 484 g/mol. The van der Waals surface area contributed by atoms with Crippen LogP contribution in [0.1, 0.15) is 6.42 Å². The first-order valence-corrected chi connectivity index (χ1v) is 14.4. The summed E-state index contributed by atoms with van der Waals surface area (Å²) in [5, 5.41) is 4.31. The van der Waals surface area contributed by atoms with Gasteiger partial charge >= 0.3 is 0 Å². The number of aromatic nitrogens is 1. The van der Waals surface area contributed by atoms with Gasteiger partial charge in [-0.15, -0.1) is 68.9 Å². The summed E-state index contributed by atoms with van der Waals surface area (Å²) in [5.41, 5.74) is 2.66. The monoisotopic (exact) mass is 483 g/mol. The Bertz CT molecular complexity index is 983. The molecular formula is C19H17NS7. The van der Waals surface area contributed by atoms with Crippen molar-refractivity contribution in [1.82, 2.24) is 4.57 Å². The third kappa shape index (κ3) is 4.63. The van der Waals surface area contributed by atoms with Crippen LogP contribution < -0.4 is 0 Å². The van der Waals surface area contributed by atoms with Crippen LogP contribution in [-0.4, -0.2) is 16.6 Å². The number of hydrogen-bond donors (Lipinski definition) is 0. The first-order chi connectivity index (χ1) is 13.3. The second-order valence-corrected chi connectivity index (χ2v) is 13.2. The van der Waals surface area contributed by atoms with Crippen LogP contribution in [0.4, 0.5) is 0 Å². The molecule has 140 valence electrons. The molecule has 0 fully saturated rings. The molecule has 4 heterocycles. The van der Waals surface area contributed by atoms with Crippen molar-refractivity contribution >= 4 is 81.1 Å². The molecule has 1 nitrogen and oxygen atoms in total. The van der Waals surface area contributed by atoms with Gasteiger partial charge in [-0.1, -0.05) is 24.4 Å². The lowest BCUT2D eigenvalue weighted by Crippen LogP contribution is -2.02. The topological polar surface area (TPSA) is 4.93 Å². The zero-order valence-corrected chi connectivity index (χ0v) is 20.3. The molecule has 4 rings (SSSR count). The van der Waals surface area contributed by atoms with Crippen LogP contribution in [0.3, 0.4) is 0 Å². The van der Waals surface area contributed by atoms with E-state index >= 15 is 0 Å². The number of nitrogens with zero attached hydrogens (tertiary/aromatic N) is 1. The summed E-state index contributed by atoms with van der Waals surface area (Å²) >= 11 is 16.3. The highest BCUT2D eigenvalue weighted by Crippen LogP contribution is 2.40. The van der Waals surface area contributed by atoms with E-state index in [0.29, 0.717) is 0 Å². The van der Waals surface area contributed by atoms with Gasteiger partial charge in [0.15, 0.2) is 0 Å². The Labute approximate surface area is 189 Å². The molecule has 0 saturated heterocycles. The molecule has 27 heavy (non-hydrogen) atoms. The fourth-order valence-corrected chi connectivity index (χ4v) is 10.0. The predicted octanol–water partition coefficient (Wildman–Crippen LogP) is 8.70. The first-order valence-electron chi connectivity index (χ1n) is 8.34. The summed E-state index contributed by atoms with van der Waals surface area (Å²) in [7, 11) is 0. The molecule has 0 amide bonds. The van der Waals surface area contributed by atoms with Crippen molar-refractivity contribution in [2.24, 2.45) is 0 Å². The molecule has 0 bridgehead atoms. The third-order valence-electron chi connectivity index (χ3n) is 3.99. The number of rotatable bonds is 8. The van der Waals surface area contributed by atoms with Crippen LogP contribution in [-0.2, 0) is 6.54 Å². The van der Waals surface area contributed by atoms with E-state index < -0.39 is 0 Å². The summed E-state index contributed by atoms with van der Waals surface area (Å²) in [6.07, 6.45) is 3.27. The lowest BCUT2D eigenvalue weighted by molar-refractivity contribution is 0.702. The van der Waals surface area contributed by atoms with Crippen LogP contribution in [0.15, 0.2) is 55.6 Å². The van der Waals surface area contributed by atoms with Crippen LogP contribution >= 0.6 is 81.1 Å². The number of hydrogen-bond acceptors (Lipinski definition) is 7. The molecule has 8 heteroatoms. The predicted molar refractivity (Wildman–Crippen MR) is 131 cm³/mol. The molecule has 4 aromatic heterocycles. The minimum Gasteiger partial charge on any atom is -0.339 e. The Morgan fingerprint density at radius 3 is 2.11 bits per heavy atom. The van der Waals surface area contributed by atoms with Crippen molar-refractivity contribution in [3.05, 3.63) is 50.3 Å². The highest BCUT2D eigenvalue weighted by Gasteiger charge is 2.13. The van der Waals surface area contributed by atoms with Crippen LogP contribution in [0, 0.1) is 3.14 Å². The molecule has 0 N–H and O–H groups in total. The van der Waals surface area contributed by atoms with Gasteiger partial charge in [0.05, 0.1) is 29.6 Å². The van der Waals surface area contributed by atoms with E-state index in [-0.39, 0.29) is 0 Å². The lowest BCUT2D eigenvalue weighted by Gasteiger charge is -2.12. The van der Waals surface area contributed by atoms with Crippen LogP contribution in [0.2, 0.25) is 0 Å². The van der Waals surface area contributed by atoms with Gasteiger partial charge in [-0.2, -0.15) is 0 Å². The van der Waals surface area contributed by atoms with Gasteiger partial charge in [-0.25, -0.2) is 0 Å². The van der Waals surface area contributed by atoms with Gasteiger partial charge in [-0.05, 0) is 47.7 Å². The Kier molecular flexibility index (Phi) is 6.97. The summed E-state index contributed by atoms with van der Waals surface area (Å²) in [5.74, 6) is 1.11. The quantitative estimate of drug-likeness (QED) is 0.140. The minimum atomic E-state index is 1.03. The molecule has 0 aromatic carbocycles. The van der Waals surface area contributed by atoms with E-state index in [2.05, 4.69) is 58.0 Å². The molecule has 0 atom stereocenters. The summed E-state index contributed by atoms with van der Waals surface area (Å²) in [4.78, 5) is 2.68. The summed E-state index contributed by atoms with van der Waals surface area (Å²) in [6.45, 7) is 1.03. The van der Waals surface area contributed by atoms with Crippen molar-refractivity contribution in [3.8, 4) is 21.1 Å². The van der Waals surface area contributed by atoms with E-state index in [1.807, 2.05) is 46.2 Å². The van der Waals surface area contributed by atoms with Crippen molar-refractivity contribution in [2.45, 2.75) is 21.4 Å². The Hall–Kier alpha value is -0.350. The van der Waals surface area contributed by atoms with Gasteiger partial charge in [-0.3, -0.25) is 0 Å². The van der Waals surface area contributed by atoms with Gasteiger partial charge in [0, 0.05) is 12.3 Å². The molecule has 0 unspecified atom stereocenters. The van der Waals surface area contributed by atoms with Crippen molar-refractivity contribution in [2.75, 3.05) is 12.0 Å². The summed E-state index contributed by atoms with van der Waals surface area (Å²) < 4.78 is 6.28. The highest BCUT2D eigenvalue weighted by atomic mass is 32.2. The van der Waals surface area contributed by atoms with Gasteiger partial charge in [0.1, 0.15) is 3.14 Å². The van der Waals surface area contributed by atoms with Crippen molar-refractivity contribution in [1.29, 1.82) is 0 Å². The maximum absolute atomic E-state index is 5.36. The lowest BCUT2D eigenvalue weighted by atomic mass is 10.3. The van der Waals surface area contributed by atoms with E-state index in [0.717, 1.165) is 21.9 Å². The van der Waals surface area contributed by atoms with Crippen LogP contribution in [0.5, 0.6) is 0 Å². The van der Waals surface area contributed by atoms with Crippen molar-refractivity contribution < 1.29 is 0 Å². The minimum absolute atomic E-state index is 1.03. The van der Waals surface area contributed by atoms with E-state index in [9.17, 15) is 0 Å². The second-order valence-electron chi connectivity index (χ2n) is 5.65. The fourth-order valence-electron chi connectivity index (χ4n) is 2.84. The van der Waals surface area contributed by atoms with Gasteiger partial charge < -0.3 is 4.57 Å². The van der Waals surface area contributed by atoms with Crippen molar-refractivity contribution in [3.63, 3.8) is 0 Å². The standard InChI is InChI=1S/C19H17NS7/c1-22-17-18(27-19(21)26-17)25-12-4-9-20-13(15-5-2-10-23-15)7-8-14(20)16-6-3-11-24-16/h2-3,5-8,10-11H,4,9,12H2,1H3.